The summed E-state index contributed by atoms with van der Waals surface area (Å²) < 4.78 is 35.6. The number of nitrogens with zero attached hydrogens (tertiary/aromatic N) is 2. The van der Waals surface area contributed by atoms with Crippen LogP contribution in [0.4, 0.5) is 0 Å². The molecular formula is C55H106N2O10. The monoisotopic (exact) mass is 955 g/mol. The summed E-state index contributed by atoms with van der Waals surface area (Å²) in [5.41, 5.74) is 0. The van der Waals surface area contributed by atoms with Gasteiger partial charge in [-0.2, -0.15) is 0 Å². The summed E-state index contributed by atoms with van der Waals surface area (Å²) in [6, 6.07) is 0.300. The van der Waals surface area contributed by atoms with E-state index in [0.29, 0.717) is 77.9 Å². The number of aliphatic hydroxyl groups is 2. The minimum Gasteiger partial charge on any atom is -0.466 e. The van der Waals surface area contributed by atoms with Crippen molar-refractivity contribution in [2.75, 3.05) is 72.4 Å². The lowest BCUT2D eigenvalue weighted by Crippen LogP contribution is -2.38. The Morgan fingerprint density at radius 1 is 0.567 bits per heavy atom. The van der Waals surface area contributed by atoms with Crippen LogP contribution in [0.25, 0.3) is 0 Å². The summed E-state index contributed by atoms with van der Waals surface area (Å²) in [4.78, 5) is 30.4. The smallest absolute Gasteiger partial charge is 0.323 e. The van der Waals surface area contributed by atoms with Crippen molar-refractivity contribution in [1.29, 1.82) is 0 Å². The van der Waals surface area contributed by atoms with Gasteiger partial charge >= 0.3 is 11.9 Å². The molecule has 2 fully saturated rings. The van der Waals surface area contributed by atoms with Crippen LogP contribution in [0.2, 0.25) is 0 Å². The average molecular weight is 955 g/mol. The van der Waals surface area contributed by atoms with Crippen LogP contribution in [0.1, 0.15) is 239 Å². The van der Waals surface area contributed by atoms with E-state index in [-0.39, 0.29) is 37.0 Å². The van der Waals surface area contributed by atoms with Crippen LogP contribution < -0.4 is 0 Å². The SMILES string of the molecule is CCCCCCCCCCCOC(=O)CCCCCN1CC(OCCCN(CCO)C2CC2)CC1C(=O)OCCCCCCCOC(O)CCC(OCCCCCCC)OCCCCCCC. The molecule has 1 saturated carbocycles. The standard InChI is InChI=1S/C55H106N2O10/c1-4-7-10-13-14-15-16-20-26-41-63-52(59)32-24-23-25-37-57-48-50(62-46-31-38-56(39-40-58)49-33-34-49)47-51(57)55(61)67-45-30-22-17-21-27-42-64-53(60)35-36-54(65-43-28-18-11-8-5-2)66-44-29-19-12-9-6-3/h49-51,53-54,58,60H,4-48H2,1-3H3. The van der Waals surface area contributed by atoms with Gasteiger partial charge in [0.15, 0.2) is 12.6 Å². The summed E-state index contributed by atoms with van der Waals surface area (Å²) in [5, 5.41) is 20.0. The Balaban J connectivity index is 1.63. The Labute approximate surface area is 411 Å². The molecule has 12 heteroatoms. The van der Waals surface area contributed by atoms with Gasteiger partial charge in [0, 0.05) is 77.8 Å². The van der Waals surface area contributed by atoms with Gasteiger partial charge in [-0.15, -0.1) is 0 Å². The lowest BCUT2D eigenvalue weighted by molar-refractivity contribution is -0.166. The number of carbonyl (C=O) groups is 2. The number of rotatable bonds is 51. The molecule has 0 bridgehead atoms. The molecule has 2 aliphatic rings. The molecule has 0 amide bonds. The second kappa shape index (κ2) is 44.6. The molecule has 0 spiro atoms. The first-order chi connectivity index (χ1) is 32.9. The number of carbonyl (C=O) groups excluding carboxylic acids is 2. The van der Waals surface area contributed by atoms with E-state index in [1.165, 1.54) is 109 Å². The van der Waals surface area contributed by atoms with Crippen molar-refractivity contribution in [1.82, 2.24) is 9.80 Å². The van der Waals surface area contributed by atoms with E-state index in [0.717, 1.165) is 103 Å². The van der Waals surface area contributed by atoms with E-state index < -0.39 is 6.29 Å². The molecule has 1 aliphatic heterocycles. The van der Waals surface area contributed by atoms with E-state index in [1.54, 1.807) is 0 Å². The second-order valence-electron chi connectivity index (χ2n) is 19.8. The predicted molar refractivity (Wildman–Crippen MR) is 271 cm³/mol. The zero-order valence-corrected chi connectivity index (χ0v) is 43.8. The first kappa shape index (κ1) is 61.7. The summed E-state index contributed by atoms with van der Waals surface area (Å²) in [7, 11) is 0. The van der Waals surface area contributed by atoms with E-state index in [9.17, 15) is 19.8 Å². The third kappa shape index (κ3) is 35.4. The van der Waals surface area contributed by atoms with E-state index in [4.69, 9.17) is 28.4 Å². The number of esters is 2. The van der Waals surface area contributed by atoms with E-state index in [1.807, 2.05) is 0 Å². The van der Waals surface area contributed by atoms with Gasteiger partial charge < -0.3 is 38.6 Å². The first-order valence-electron chi connectivity index (χ1n) is 28.5. The van der Waals surface area contributed by atoms with E-state index >= 15 is 0 Å². The van der Waals surface area contributed by atoms with Gasteiger partial charge in [0.2, 0.25) is 0 Å². The average Bonchev–Trinajstić information content (AvgIpc) is 4.10. The fourth-order valence-electron chi connectivity index (χ4n) is 9.11. The quantitative estimate of drug-likeness (QED) is 0.0341. The van der Waals surface area contributed by atoms with Crippen LogP contribution >= 0.6 is 0 Å². The molecule has 3 unspecified atom stereocenters. The van der Waals surface area contributed by atoms with Crippen molar-refractivity contribution in [3.05, 3.63) is 0 Å². The minimum absolute atomic E-state index is 0.0140. The Kier molecular flexibility index (Phi) is 41.1. The topological polar surface area (TPSA) is 136 Å². The van der Waals surface area contributed by atoms with Crippen LogP contribution in [0.5, 0.6) is 0 Å². The normalized spacial score (nSPS) is 17.0. The van der Waals surface area contributed by atoms with Gasteiger partial charge in [0.1, 0.15) is 6.04 Å². The highest BCUT2D eigenvalue weighted by Crippen LogP contribution is 2.27. The molecule has 0 aromatic heterocycles. The maximum absolute atomic E-state index is 13.5. The predicted octanol–water partition coefficient (Wildman–Crippen LogP) is 11.8. The molecule has 396 valence electrons. The van der Waals surface area contributed by atoms with Gasteiger partial charge in [0.25, 0.3) is 0 Å². The molecule has 3 atom stereocenters. The zero-order valence-electron chi connectivity index (χ0n) is 43.8. The summed E-state index contributed by atoms with van der Waals surface area (Å²) in [6.07, 6.45) is 34.9. The molecular weight excluding hydrogens is 849 g/mol. The number of likely N-dealkylation sites (tertiary alicyclic amines) is 1. The van der Waals surface area contributed by atoms with Crippen LogP contribution in [0.3, 0.4) is 0 Å². The van der Waals surface area contributed by atoms with Gasteiger partial charge in [-0.1, -0.05) is 149 Å². The van der Waals surface area contributed by atoms with Crippen LogP contribution in [0.15, 0.2) is 0 Å². The number of hydrogen-bond donors (Lipinski definition) is 2. The molecule has 0 aromatic rings. The molecule has 12 nitrogen and oxygen atoms in total. The molecule has 2 rings (SSSR count). The highest BCUT2D eigenvalue weighted by atomic mass is 16.7. The van der Waals surface area contributed by atoms with Gasteiger partial charge in [0.05, 0.1) is 25.9 Å². The van der Waals surface area contributed by atoms with Crippen molar-refractivity contribution < 1.29 is 48.2 Å². The molecule has 1 aliphatic carbocycles. The fraction of sp³-hybridized carbons (Fsp3) is 0.964. The first-order valence-corrected chi connectivity index (χ1v) is 28.5. The fourth-order valence-corrected chi connectivity index (χ4v) is 9.11. The zero-order chi connectivity index (χ0) is 48.3. The molecule has 1 heterocycles. The maximum atomic E-state index is 13.5. The number of aliphatic hydroxyl groups excluding tert-OH is 2. The lowest BCUT2D eigenvalue weighted by atomic mass is 10.1. The molecule has 67 heavy (non-hydrogen) atoms. The van der Waals surface area contributed by atoms with Crippen molar-refractivity contribution in [3.63, 3.8) is 0 Å². The molecule has 0 aromatic carbocycles. The van der Waals surface area contributed by atoms with Crippen molar-refractivity contribution >= 4 is 11.9 Å². The Bertz CT molecular complexity index is 1100. The number of hydrogen-bond acceptors (Lipinski definition) is 12. The van der Waals surface area contributed by atoms with Crippen LogP contribution in [0, 0.1) is 0 Å². The Morgan fingerprint density at radius 2 is 1.07 bits per heavy atom. The highest BCUT2D eigenvalue weighted by molar-refractivity contribution is 5.76. The third-order valence-corrected chi connectivity index (χ3v) is 13.5. The highest BCUT2D eigenvalue weighted by Gasteiger charge is 2.38. The Hall–Kier alpha value is -1.38. The summed E-state index contributed by atoms with van der Waals surface area (Å²) >= 11 is 0. The lowest BCUT2D eigenvalue weighted by Gasteiger charge is -2.22. The second-order valence-corrected chi connectivity index (χ2v) is 19.8. The van der Waals surface area contributed by atoms with Gasteiger partial charge in [-0.3, -0.25) is 19.4 Å². The van der Waals surface area contributed by atoms with Crippen molar-refractivity contribution in [2.24, 2.45) is 0 Å². The molecule has 0 radical (unpaired) electrons. The Morgan fingerprint density at radius 3 is 1.63 bits per heavy atom. The van der Waals surface area contributed by atoms with E-state index in [2.05, 4.69) is 30.6 Å². The van der Waals surface area contributed by atoms with Crippen molar-refractivity contribution in [2.45, 2.75) is 270 Å². The third-order valence-electron chi connectivity index (χ3n) is 13.5. The number of ether oxygens (including phenoxy) is 6. The maximum Gasteiger partial charge on any atom is 0.323 e. The largest absolute Gasteiger partial charge is 0.466 e. The van der Waals surface area contributed by atoms with Crippen LogP contribution in [-0.2, 0) is 38.0 Å². The molecule has 1 saturated heterocycles. The van der Waals surface area contributed by atoms with Crippen molar-refractivity contribution in [3.8, 4) is 0 Å². The summed E-state index contributed by atoms with van der Waals surface area (Å²) in [5.74, 6) is -0.256. The minimum atomic E-state index is -0.819. The van der Waals surface area contributed by atoms with Crippen LogP contribution in [-0.4, -0.2) is 135 Å². The summed E-state index contributed by atoms with van der Waals surface area (Å²) in [6.45, 7) is 13.5. The number of unbranched alkanes of at least 4 members (excludes halogenated alkanes) is 22. The van der Waals surface area contributed by atoms with Gasteiger partial charge in [-0.25, -0.2) is 0 Å². The molecule has 2 N–H and O–H groups in total. The van der Waals surface area contributed by atoms with Gasteiger partial charge in [-0.05, 0) is 70.8 Å².